The normalized spacial score (nSPS) is 12.8. The molecular formula is C25H24N4O4. The summed E-state index contributed by atoms with van der Waals surface area (Å²) in [5.74, 6) is -1.51. The Morgan fingerprint density at radius 3 is 2.52 bits per heavy atom. The number of pyridine rings is 2. The Morgan fingerprint density at radius 1 is 1.09 bits per heavy atom. The van der Waals surface area contributed by atoms with E-state index in [1.54, 1.807) is 38.4 Å². The zero-order chi connectivity index (χ0) is 23.5. The highest BCUT2D eigenvalue weighted by Gasteiger charge is 2.22. The van der Waals surface area contributed by atoms with Crippen molar-refractivity contribution in [2.45, 2.75) is 26.2 Å². The van der Waals surface area contributed by atoms with Crippen molar-refractivity contribution in [3.63, 3.8) is 0 Å². The predicted molar refractivity (Wildman–Crippen MR) is 124 cm³/mol. The second kappa shape index (κ2) is 9.20. The van der Waals surface area contributed by atoms with Crippen LogP contribution in [0.15, 0.2) is 70.6 Å². The highest BCUT2D eigenvalue weighted by atomic mass is 16.5. The minimum atomic E-state index is -0.660. The molecule has 0 aliphatic heterocycles. The molecule has 0 unspecified atom stereocenters. The molecule has 8 nitrogen and oxygen atoms in total. The highest BCUT2D eigenvalue weighted by Crippen LogP contribution is 2.20. The number of carbonyl (C=O) groups excluding carboxylic acids is 2. The molecule has 0 N–H and O–H groups in total. The van der Waals surface area contributed by atoms with Gasteiger partial charge in [-0.15, -0.1) is 0 Å². The Hall–Kier alpha value is -4.07. The first-order chi connectivity index (χ1) is 16.0. The van der Waals surface area contributed by atoms with Gasteiger partial charge in [-0.3, -0.25) is 14.0 Å². The van der Waals surface area contributed by atoms with E-state index in [1.807, 2.05) is 37.3 Å². The van der Waals surface area contributed by atoms with Crippen molar-refractivity contribution in [2.75, 3.05) is 6.61 Å². The summed E-state index contributed by atoms with van der Waals surface area (Å²) in [6.45, 7) is 3.74. The summed E-state index contributed by atoms with van der Waals surface area (Å²) < 4.78 is 8.11. The van der Waals surface area contributed by atoms with E-state index in [1.165, 1.54) is 15.0 Å². The van der Waals surface area contributed by atoms with Gasteiger partial charge in [0.2, 0.25) is 0 Å². The number of benzene rings is 1. The fraction of sp³-hybridized carbons (Fsp3) is 0.240. The summed E-state index contributed by atoms with van der Waals surface area (Å²) in [5.41, 5.74) is 1.43. The third kappa shape index (κ3) is 4.07. The number of hydrogen-bond acceptors (Lipinski definition) is 5. The van der Waals surface area contributed by atoms with Gasteiger partial charge in [-0.05, 0) is 37.1 Å². The number of rotatable bonds is 5. The molecule has 3 aromatic heterocycles. The number of esters is 1. The zero-order valence-electron chi connectivity index (χ0n) is 18.7. The highest BCUT2D eigenvalue weighted by molar-refractivity contribution is 5.94. The standard InChI is InChI=1S/C25H24N4O4/c1-4-17(16-11-7-6-8-12-16)23(30)27-22-19(25(32)33-5-2)15-18-21(28(22)3)26-20-13-9-10-14-29(20)24(18)31/h6-15,17H,4-5H2,1-3H3/t17-/m1/s1. The van der Waals surface area contributed by atoms with E-state index in [9.17, 15) is 14.4 Å². The molecule has 0 aliphatic rings. The number of hydrogen-bond donors (Lipinski definition) is 0. The van der Waals surface area contributed by atoms with Crippen LogP contribution >= 0.6 is 0 Å². The number of ether oxygens (including phenoxy) is 1. The number of amides is 1. The maximum absolute atomic E-state index is 13.2. The molecular weight excluding hydrogens is 420 g/mol. The minimum absolute atomic E-state index is 0.0397. The second-order valence-corrected chi connectivity index (χ2v) is 7.57. The first-order valence-corrected chi connectivity index (χ1v) is 10.8. The smallest absolute Gasteiger partial charge is 0.341 e. The average molecular weight is 444 g/mol. The lowest BCUT2D eigenvalue weighted by Crippen LogP contribution is -2.31. The minimum Gasteiger partial charge on any atom is -0.462 e. The molecule has 3 heterocycles. The van der Waals surface area contributed by atoms with Crippen LogP contribution in [0.1, 0.15) is 42.1 Å². The van der Waals surface area contributed by atoms with Crippen LogP contribution in [0.4, 0.5) is 0 Å². The third-order valence-electron chi connectivity index (χ3n) is 5.53. The molecule has 0 radical (unpaired) electrons. The van der Waals surface area contributed by atoms with Crippen molar-refractivity contribution in [3.8, 4) is 0 Å². The number of nitrogens with zero attached hydrogens (tertiary/aromatic N) is 4. The summed E-state index contributed by atoms with van der Waals surface area (Å²) in [7, 11) is 1.63. The molecule has 1 amide bonds. The van der Waals surface area contributed by atoms with Crippen molar-refractivity contribution in [2.24, 2.45) is 12.0 Å². The summed E-state index contributed by atoms with van der Waals surface area (Å²) >= 11 is 0. The van der Waals surface area contributed by atoms with Crippen LogP contribution in [-0.4, -0.2) is 32.4 Å². The van der Waals surface area contributed by atoms with Crippen LogP contribution < -0.4 is 11.0 Å². The van der Waals surface area contributed by atoms with E-state index in [4.69, 9.17) is 4.74 Å². The van der Waals surface area contributed by atoms with Gasteiger partial charge in [0.05, 0.1) is 17.9 Å². The lowest BCUT2D eigenvalue weighted by molar-refractivity contribution is -0.119. The molecule has 0 spiro atoms. The third-order valence-corrected chi connectivity index (χ3v) is 5.53. The topological polar surface area (TPSA) is 95.0 Å². The van der Waals surface area contributed by atoms with Gasteiger partial charge in [-0.1, -0.05) is 43.3 Å². The van der Waals surface area contributed by atoms with Crippen LogP contribution in [0.2, 0.25) is 0 Å². The van der Waals surface area contributed by atoms with Gasteiger partial charge in [0, 0.05) is 13.2 Å². The van der Waals surface area contributed by atoms with Crippen molar-refractivity contribution in [1.29, 1.82) is 0 Å². The number of carbonyl (C=O) groups is 2. The Bertz CT molecular complexity index is 1490. The summed E-state index contributed by atoms with van der Waals surface area (Å²) in [5, 5.41) is 0.228. The van der Waals surface area contributed by atoms with E-state index >= 15 is 0 Å². The Labute approximate surface area is 189 Å². The van der Waals surface area contributed by atoms with Crippen molar-refractivity contribution < 1.29 is 14.3 Å². The monoisotopic (exact) mass is 444 g/mol. The van der Waals surface area contributed by atoms with E-state index in [-0.39, 0.29) is 34.5 Å². The van der Waals surface area contributed by atoms with Gasteiger partial charge in [0.25, 0.3) is 11.5 Å². The summed E-state index contributed by atoms with van der Waals surface area (Å²) in [6, 6.07) is 16.0. The Kier molecular flexibility index (Phi) is 6.17. The maximum atomic E-state index is 13.2. The zero-order valence-corrected chi connectivity index (χ0v) is 18.7. The number of aryl methyl sites for hydroxylation is 1. The van der Waals surface area contributed by atoms with Crippen LogP contribution in [0.5, 0.6) is 0 Å². The van der Waals surface area contributed by atoms with Crippen LogP contribution in [0.3, 0.4) is 0 Å². The fourth-order valence-corrected chi connectivity index (χ4v) is 3.88. The molecule has 0 saturated heterocycles. The van der Waals surface area contributed by atoms with Gasteiger partial charge in [-0.2, -0.15) is 4.99 Å². The SMILES string of the molecule is CCOC(=O)c1cc2c(=O)n3ccccc3nc2n(C)c1=NC(=O)[C@H](CC)c1ccccc1. The molecule has 0 fully saturated rings. The molecule has 4 aromatic rings. The van der Waals surface area contributed by atoms with E-state index < -0.39 is 11.9 Å². The van der Waals surface area contributed by atoms with Crippen molar-refractivity contribution >= 4 is 28.6 Å². The lowest BCUT2D eigenvalue weighted by atomic mass is 9.96. The van der Waals surface area contributed by atoms with Crippen LogP contribution in [-0.2, 0) is 16.6 Å². The summed E-state index contributed by atoms with van der Waals surface area (Å²) in [6.07, 6.45) is 2.16. The van der Waals surface area contributed by atoms with Gasteiger partial charge in [0.15, 0.2) is 5.49 Å². The van der Waals surface area contributed by atoms with Crippen LogP contribution in [0, 0.1) is 0 Å². The number of aromatic nitrogens is 3. The van der Waals surface area contributed by atoms with E-state index in [0.717, 1.165) is 5.56 Å². The van der Waals surface area contributed by atoms with Gasteiger partial charge in [-0.25, -0.2) is 9.78 Å². The molecule has 0 aliphatic carbocycles. The molecule has 1 atom stereocenters. The first-order valence-electron chi connectivity index (χ1n) is 10.8. The summed E-state index contributed by atoms with van der Waals surface area (Å²) in [4.78, 5) is 48.0. The molecule has 0 saturated carbocycles. The Morgan fingerprint density at radius 2 is 1.82 bits per heavy atom. The quantitative estimate of drug-likeness (QED) is 0.348. The van der Waals surface area contributed by atoms with Crippen LogP contribution in [0.25, 0.3) is 16.7 Å². The largest absolute Gasteiger partial charge is 0.462 e. The maximum Gasteiger partial charge on any atom is 0.341 e. The van der Waals surface area contributed by atoms with E-state index in [2.05, 4.69) is 9.98 Å². The first kappa shape index (κ1) is 22.1. The van der Waals surface area contributed by atoms with Crippen molar-refractivity contribution in [1.82, 2.24) is 14.0 Å². The van der Waals surface area contributed by atoms with E-state index in [0.29, 0.717) is 17.7 Å². The molecule has 33 heavy (non-hydrogen) atoms. The van der Waals surface area contributed by atoms with Crippen molar-refractivity contribution in [3.05, 3.63) is 87.8 Å². The molecule has 4 rings (SSSR count). The number of fused-ring (bicyclic) bond motifs is 2. The fourth-order valence-electron chi connectivity index (χ4n) is 3.88. The van der Waals surface area contributed by atoms with Gasteiger partial charge in [0.1, 0.15) is 16.9 Å². The second-order valence-electron chi connectivity index (χ2n) is 7.57. The molecule has 1 aromatic carbocycles. The lowest BCUT2D eigenvalue weighted by Gasteiger charge is -2.14. The Balaban J connectivity index is 2.01. The van der Waals surface area contributed by atoms with Gasteiger partial charge < -0.3 is 9.30 Å². The predicted octanol–water partition coefficient (Wildman–Crippen LogP) is 2.98. The average Bonchev–Trinajstić information content (AvgIpc) is 2.82. The molecule has 0 bridgehead atoms. The molecule has 168 valence electrons. The van der Waals surface area contributed by atoms with Gasteiger partial charge >= 0.3 is 5.97 Å². The molecule has 8 heteroatoms.